The van der Waals surface area contributed by atoms with E-state index in [1.165, 1.54) is 31.3 Å². The summed E-state index contributed by atoms with van der Waals surface area (Å²) in [7, 11) is 0. The first-order chi connectivity index (χ1) is 5.36. The minimum Gasteiger partial charge on any atom is -0.295 e. The summed E-state index contributed by atoms with van der Waals surface area (Å²) in [5.74, 6) is 1.14. The summed E-state index contributed by atoms with van der Waals surface area (Å²) < 4.78 is 0. The van der Waals surface area contributed by atoms with Crippen LogP contribution in [-0.2, 0) is 4.79 Å². The van der Waals surface area contributed by atoms with E-state index >= 15 is 0 Å². The van der Waals surface area contributed by atoms with Crippen molar-refractivity contribution in [2.24, 2.45) is 5.92 Å². The zero-order valence-corrected chi connectivity index (χ0v) is 6.81. The number of carbonyl (C=O) groups excluding carboxylic acids is 1. The smallest absolute Gasteiger partial charge is 0.155 e. The van der Waals surface area contributed by atoms with Crippen LogP contribution in [0.2, 0.25) is 0 Å². The van der Waals surface area contributed by atoms with Gasteiger partial charge in [-0.1, -0.05) is 5.57 Å². The molecule has 0 spiro atoms. The van der Waals surface area contributed by atoms with Gasteiger partial charge in [0, 0.05) is 6.42 Å². The molecule has 1 nitrogen and oxygen atoms in total. The second-order valence-electron chi connectivity index (χ2n) is 3.67. The van der Waals surface area contributed by atoms with E-state index in [9.17, 15) is 4.79 Å². The van der Waals surface area contributed by atoms with Gasteiger partial charge in [0.15, 0.2) is 5.78 Å². The Morgan fingerprint density at radius 3 is 2.73 bits per heavy atom. The van der Waals surface area contributed by atoms with E-state index in [-0.39, 0.29) is 0 Å². The lowest BCUT2D eigenvalue weighted by Crippen LogP contribution is -1.93. The molecule has 1 atom stereocenters. The van der Waals surface area contributed by atoms with Gasteiger partial charge in [-0.25, -0.2) is 0 Å². The average Bonchev–Trinajstić information content (AvgIpc) is 2.31. The highest BCUT2D eigenvalue weighted by Gasteiger charge is 2.23. The van der Waals surface area contributed by atoms with Crippen molar-refractivity contribution in [3.05, 3.63) is 11.6 Å². The second kappa shape index (κ2) is 2.80. The van der Waals surface area contributed by atoms with Crippen LogP contribution in [0, 0.1) is 5.92 Å². The average molecular weight is 150 g/mol. The minimum atomic E-state index is 0.365. The Morgan fingerprint density at radius 1 is 1.18 bits per heavy atom. The number of allylic oxidation sites excluding steroid dienone is 2. The molecule has 0 N–H and O–H groups in total. The van der Waals surface area contributed by atoms with Gasteiger partial charge in [-0.3, -0.25) is 4.79 Å². The number of hydrogen-bond acceptors (Lipinski definition) is 1. The molecule has 2 rings (SSSR count). The van der Waals surface area contributed by atoms with Gasteiger partial charge in [0.1, 0.15) is 0 Å². The van der Waals surface area contributed by atoms with Crippen molar-refractivity contribution in [3.63, 3.8) is 0 Å². The number of carbonyl (C=O) groups is 1. The topological polar surface area (TPSA) is 17.1 Å². The van der Waals surface area contributed by atoms with Crippen LogP contribution < -0.4 is 0 Å². The molecule has 11 heavy (non-hydrogen) atoms. The predicted molar refractivity (Wildman–Crippen MR) is 44.3 cm³/mol. The number of ketones is 1. The molecule has 0 amide bonds. The first kappa shape index (κ1) is 7.08. The predicted octanol–water partition coefficient (Wildman–Crippen LogP) is 2.47. The fourth-order valence-electron chi connectivity index (χ4n) is 2.26. The van der Waals surface area contributed by atoms with Crippen molar-refractivity contribution in [3.8, 4) is 0 Å². The molecule has 1 fully saturated rings. The molecule has 1 saturated carbocycles. The molecule has 0 aromatic rings. The van der Waals surface area contributed by atoms with Gasteiger partial charge in [0.05, 0.1) is 0 Å². The third-order valence-electron chi connectivity index (χ3n) is 2.86. The summed E-state index contributed by atoms with van der Waals surface area (Å²) in [4.78, 5) is 11.1. The molecular weight excluding hydrogens is 136 g/mol. The molecule has 0 bridgehead atoms. The standard InChI is InChI=1S/C10H14O/c11-10-6-2-4-8-3-1-5-9(8)7-10/h7-8H,1-6H2. The molecule has 1 unspecified atom stereocenters. The highest BCUT2D eigenvalue weighted by molar-refractivity contribution is 5.90. The molecule has 0 saturated heterocycles. The van der Waals surface area contributed by atoms with Crippen molar-refractivity contribution >= 4 is 5.78 Å². The first-order valence-corrected chi connectivity index (χ1v) is 4.59. The van der Waals surface area contributed by atoms with Gasteiger partial charge >= 0.3 is 0 Å². The normalized spacial score (nSPS) is 31.1. The Kier molecular flexibility index (Phi) is 1.80. The van der Waals surface area contributed by atoms with Gasteiger partial charge < -0.3 is 0 Å². The minimum absolute atomic E-state index is 0.365. The van der Waals surface area contributed by atoms with E-state index in [4.69, 9.17) is 0 Å². The lowest BCUT2D eigenvalue weighted by Gasteiger charge is -2.06. The van der Waals surface area contributed by atoms with Crippen LogP contribution in [0.15, 0.2) is 11.6 Å². The van der Waals surface area contributed by atoms with Crippen molar-refractivity contribution < 1.29 is 4.79 Å². The third kappa shape index (κ3) is 1.37. The SMILES string of the molecule is O=C1C=C2CCCC2CCC1. The van der Waals surface area contributed by atoms with Crippen LogP contribution in [0.3, 0.4) is 0 Å². The maximum absolute atomic E-state index is 11.1. The van der Waals surface area contributed by atoms with E-state index in [1.54, 1.807) is 0 Å². The first-order valence-electron chi connectivity index (χ1n) is 4.59. The monoisotopic (exact) mass is 150 g/mol. The summed E-state index contributed by atoms with van der Waals surface area (Å²) in [5.41, 5.74) is 1.45. The maximum atomic E-state index is 11.1. The molecular formula is C10H14O. The Morgan fingerprint density at radius 2 is 1.91 bits per heavy atom. The molecule has 2 aliphatic carbocycles. The van der Waals surface area contributed by atoms with E-state index in [0.29, 0.717) is 5.78 Å². The van der Waals surface area contributed by atoms with Crippen molar-refractivity contribution in [2.45, 2.75) is 38.5 Å². The van der Waals surface area contributed by atoms with Gasteiger partial charge in [-0.2, -0.15) is 0 Å². The number of hydrogen-bond donors (Lipinski definition) is 0. The van der Waals surface area contributed by atoms with E-state index in [1.807, 2.05) is 6.08 Å². The molecule has 2 aliphatic rings. The van der Waals surface area contributed by atoms with E-state index in [2.05, 4.69) is 0 Å². The molecule has 0 aliphatic heterocycles. The zero-order valence-electron chi connectivity index (χ0n) is 6.81. The second-order valence-corrected chi connectivity index (χ2v) is 3.67. The molecule has 0 heterocycles. The lowest BCUT2D eigenvalue weighted by molar-refractivity contribution is -0.114. The summed E-state index contributed by atoms with van der Waals surface area (Å²) >= 11 is 0. The van der Waals surface area contributed by atoms with Crippen LogP contribution in [-0.4, -0.2) is 5.78 Å². The third-order valence-corrected chi connectivity index (χ3v) is 2.86. The Bertz CT molecular complexity index is 203. The van der Waals surface area contributed by atoms with Gasteiger partial charge in [0.2, 0.25) is 0 Å². The molecule has 0 aromatic carbocycles. The molecule has 60 valence electrons. The van der Waals surface area contributed by atoms with Crippen LogP contribution in [0.25, 0.3) is 0 Å². The summed E-state index contributed by atoms with van der Waals surface area (Å²) in [6.07, 6.45) is 8.92. The van der Waals surface area contributed by atoms with Crippen molar-refractivity contribution in [2.75, 3.05) is 0 Å². The van der Waals surface area contributed by atoms with Crippen LogP contribution in [0.4, 0.5) is 0 Å². The van der Waals surface area contributed by atoms with E-state index < -0.39 is 0 Å². The van der Waals surface area contributed by atoms with Crippen LogP contribution in [0.1, 0.15) is 38.5 Å². The lowest BCUT2D eigenvalue weighted by atomic mass is 9.99. The fourth-order valence-corrected chi connectivity index (χ4v) is 2.26. The summed E-state index contributed by atoms with van der Waals surface area (Å²) in [6.45, 7) is 0. The molecule has 1 heteroatoms. The fraction of sp³-hybridized carbons (Fsp3) is 0.700. The molecule has 0 radical (unpaired) electrons. The Hall–Kier alpha value is -0.590. The Balaban J connectivity index is 2.20. The largest absolute Gasteiger partial charge is 0.295 e. The maximum Gasteiger partial charge on any atom is 0.155 e. The van der Waals surface area contributed by atoms with Gasteiger partial charge in [0.25, 0.3) is 0 Å². The number of rotatable bonds is 0. The summed E-state index contributed by atoms with van der Waals surface area (Å²) in [5, 5.41) is 0. The van der Waals surface area contributed by atoms with Crippen LogP contribution in [0.5, 0.6) is 0 Å². The summed E-state index contributed by atoms with van der Waals surface area (Å²) in [6, 6.07) is 0. The van der Waals surface area contributed by atoms with Crippen LogP contribution >= 0.6 is 0 Å². The quantitative estimate of drug-likeness (QED) is 0.518. The molecule has 0 aromatic heterocycles. The van der Waals surface area contributed by atoms with Crippen molar-refractivity contribution in [1.82, 2.24) is 0 Å². The number of fused-ring (bicyclic) bond motifs is 1. The zero-order chi connectivity index (χ0) is 7.68. The van der Waals surface area contributed by atoms with Gasteiger partial charge in [-0.05, 0) is 44.1 Å². The van der Waals surface area contributed by atoms with E-state index in [0.717, 1.165) is 18.8 Å². The highest BCUT2D eigenvalue weighted by atomic mass is 16.1. The Labute approximate surface area is 67.5 Å². The highest BCUT2D eigenvalue weighted by Crippen LogP contribution is 2.36. The van der Waals surface area contributed by atoms with Gasteiger partial charge in [-0.15, -0.1) is 0 Å². The van der Waals surface area contributed by atoms with Crippen molar-refractivity contribution in [1.29, 1.82) is 0 Å².